The number of tetrazole rings is 1. The van der Waals surface area contributed by atoms with Crippen LogP contribution in [0.15, 0.2) is 30.6 Å². The molecule has 1 spiro atoms. The second-order valence-corrected chi connectivity index (χ2v) is 6.98. The SMILES string of the molecule is CCO[C@@H]1C[C@@H](NC(=O)Cc2ccc(-n3cnnn3)cc2)C12CCC2. The quantitative estimate of drug-likeness (QED) is 0.864. The van der Waals surface area contributed by atoms with Crippen molar-refractivity contribution in [2.45, 2.75) is 51.2 Å². The van der Waals surface area contributed by atoms with Gasteiger partial charge in [-0.25, -0.2) is 4.68 Å². The first-order valence-electron chi connectivity index (χ1n) is 8.94. The first kappa shape index (κ1) is 16.2. The van der Waals surface area contributed by atoms with Crippen LogP contribution in [-0.4, -0.2) is 44.9 Å². The van der Waals surface area contributed by atoms with Crippen molar-refractivity contribution >= 4 is 5.91 Å². The molecule has 7 heteroatoms. The van der Waals surface area contributed by atoms with E-state index in [2.05, 4.69) is 20.8 Å². The average molecular weight is 341 g/mol. The third-order valence-corrected chi connectivity index (χ3v) is 5.69. The van der Waals surface area contributed by atoms with Gasteiger partial charge in [-0.3, -0.25) is 4.79 Å². The Balaban J connectivity index is 1.34. The van der Waals surface area contributed by atoms with E-state index >= 15 is 0 Å². The lowest BCUT2D eigenvalue weighted by molar-refractivity contribution is -0.175. The fourth-order valence-electron chi connectivity index (χ4n) is 4.12. The predicted molar refractivity (Wildman–Crippen MR) is 91.1 cm³/mol. The van der Waals surface area contributed by atoms with Crippen LogP contribution in [0.4, 0.5) is 0 Å². The summed E-state index contributed by atoms with van der Waals surface area (Å²) < 4.78 is 7.43. The van der Waals surface area contributed by atoms with Crippen LogP contribution in [0.2, 0.25) is 0 Å². The fraction of sp³-hybridized carbons (Fsp3) is 0.556. The molecule has 7 nitrogen and oxygen atoms in total. The smallest absolute Gasteiger partial charge is 0.224 e. The van der Waals surface area contributed by atoms with Crippen LogP contribution in [0.1, 0.15) is 38.2 Å². The van der Waals surface area contributed by atoms with Gasteiger partial charge in [0.15, 0.2) is 0 Å². The maximum absolute atomic E-state index is 12.4. The van der Waals surface area contributed by atoms with Crippen LogP contribution in [0.5, 0.6) is 0 Å². The van der Waals surface area contributed by atoms with Crippen molar-refractivity contribution in [1.29, 1.82) is 0 Å². The molecule has 1 aromatic heterocycles. The maximum Gasteiger partial charge on any atom is 0.224 e. The molecule has 0 bridgehead atoms. The van der Waals surface area contributed by atoms with E-state index in [0.29, 0.717) is 12.5 Å². The molecule has 2 aromatic rings. The van der Waals surface area contributed by atoms with E-state index in [-0.39, 0.29) is 17.4 Å². The Morgan fingerprint density at radius 1 is 1.36 bits per heavy atom. The third-order valence-electron chi connectivity index (χ3n) is 5.69. The molecule has 2 atom stereocenters. The molecule has 0 radical (unpaired) electrons. The number of carbonyl (C=O) groups is 1. The van der Waals surface area contributed by atoms with Gasteiger partial charge in [0.1, 0.15) is 6.33 Å². The molecule has 2 saturated carbocycles. The van der Waals surface area contributed by atoms with Crippen LogP contribution in [-0.2, 0) is 16.0 Å². The summed E-state index contributed by atoms with van der Waals surface area (Å²) in [5.74, 6) is 0.0846. The summed E-state index contributed by atoms with van der Waals surface area (Å²) in [6.45, 7) is 2.79. The molecule has 1 N–H and O–H groups in total. The molecule has 4 rings (SSSR count). The first-order valence-corrected chi connectivity index (χ1v) is 8.94. The molecule has 0 unspecified atom stereocenters. The lowest BCUT2D eigenvalue weighted by atomic mass is 9.51. The van der Waals surface area contributed by atoms with E-state index in [0.717, 1.165) is 24.3 Å². The van der Waals surface area contributed by atoms with Gasteiger partial charge in [0.25, 0.3) is 0 Å². The second kappa shape index (κ2) is 6.55. The number of amides is 1. The van der Waals surface area contributed by atoms with Gasteiger partial charge < -0.3 is 10.1 Å². The lowest BCUT2D eigenvalue weighted by Crippen LogP contribution is -2.67. The Hall–Kier alpha value is -2.28. The Morgan fingerprint density at radius 3 is 2.76 bits per heavy atom. The molecule has 132 valence electrons. The Kier molecular flexibility index (Phi) is 4.25. The molecule has 0 aliphatic heterocycles. The highest BCUT2D eigenvalue weighted by Gasteiger charge is 2.59. The summed E-state index contributed by atoms with van der Waals surface area (Å²) in [7, 11) is 0. The minimum atomic E-state index is 0.0846. The summed E-state index contributed by atoms with van der Waals surface area (Å²) >= 11 is 0. The fourth-order valence-corrected chi connectivity index (χ4v) is 4.12. The monoisotopic (exact) mass is 341 g/mol. The van der Waals surface area contributed by atoms with Crippen molar-refractivity contribution in [2.24, 2.45) is 5.41 Å². The van der Waals surface area contributed by atoms with E-state index in [1.165, 1.54) is 19.3 Å². The van der Waals surface area contributed by atoms with Gasteiger partial charge >= 0.3 is 0 Å². The second-order valence-electron chi connectivity index (χ2n) is 6.98. The Labute approximate surface area is 146 Å². The summed E-state index contributed by atoms with van der Waals surface area (Å²) in [5, 5.41) is 14.3. The Morgan fingerprint density at radius 2 is 2.16 bits per heavy atom. The summed E-state index contributed by atoms with van der Waals surface area (Å²) in [6, 6.07) is 7.99. The third kappa shape index (κ3) is 2.93. The molecule has 0 saturated heterocycles. The zero-order valence-corrected chi connectivity index (χ0v) is 14.4. The maximum atomic E-state index is 12.4. The highest BCUT2D eigenvalue weighted by atomic mass is 16.5. The zero-order chi connectivity index (χ0) is 17.3. The van der Waals surface area contributed by atoms with Gasteiger partial charge in [-0.2, -0.15) is 0 Å². The molecule has 25 heavy (non-hydrogen) atoms. The highest BCUT2D eigenvalue weighted by Crippen LogP contribution is 2.57. The molecular formula is C18H23N5O2. The number of hydrogen-bond donors (Lipinski definition) is 1. The normalized spacial score (nSPS) is 23.7. The molecule has 1 heterocycles. The van der Waals surface area contributed by atoms with E-state index in [1.807, 2.05) is 31.2 Å². The van der Waals surface area contributed by atoms with Crippen molar-refractivity contribution in [1.82, 2.24) is 25.5 Å². The zero-order valence-electron chi connectivity index (χ0n) is 14.4. The van der Waals surface area contributed by atoms with E-state index in [9.17, 15) is 4.79 Å². The number of ether oxygens (including phenoxy) is 1. The van der Waals surface area contributed by atoms with Crippen LogP contribution in [0.25, 0.3) is 5.69 Å². The first-order chi connectivity index (χ1) is 12.2. The predicted octanol–water partition coefficient (Wildman–Crippen LogP) is 1.67. The van der Waals surface area contributed by atoms with Crippen molar-refractivity contribution in [2.75, 3.05) is 6.61 Å². The number of aromatic nitrogens is 4. The lowest BCUT2D eigenvalue weighted by Gasteiger charge is -2.61. The number of nitrogens with one attached hydrogen (secondary N) is 1. The number of rotatable bonds is 6. The van der Waals surface area contributed by atoms with Crippen molar-refractivity contribution in [3.63, 3.8) is 0 Å². The van der Waals surface area contributed by atoms with E-state index in [1.54, 1.807) is 11.0 Å². The number of benzene rings is 1. The highest BCUT2D eigenvalue weighted by molar-refractivity contribution is 5.79. The molecule has 1 amide bonds. The van der Waals surface area contributed by atoms with E-state index < -0.39 is 0 Å². The van der Waals surface area contributed by atoms with Crippen LogP contribution < -0.4 is 5.32 Å². The number of nitrogens with zero attached hydrogens (tertiary/aromatic N) is 4. The summed E-state index contributed by atoms with van der Waals surface area (Å²) in [5.41, 5.74) is 2.06. The van der Waals surface area contributed by atoms with Gasteiger partial charge in [-0.1, -0.05) is 18.6 Å². The number of hydrogen-bond acceptors (Lipinski definition) is 5. The molecule has 2 fully saturated rings. The van der Waals surface area contributed by atoms with Gasteiger partial charge in [0.05, 0.1) is 18.2 Å². The topological polar surface area (TPSA) is 81.9 Å². The molecule has 2 aliphatic carbocycles. The summed E-state index contributed by atoms with van der Waals surface area (Å²) in [4.78, 5) is 12.4. The van der Waals surface area contributed by atoms with E-state index in [4.69, 9.17) is 4.74 Å². The molecule has 2 aliphatic rings. The summed E-state index contributed by atoms with van der Waals surface area (Å²) in [6.07, 6.45) is 6.79. The molecular weight excluding hydrogens is 318 g/mol. The van der Waals surface area contributed by atoms with Gasteiger partial charge in [-0.05, 0) is 54.3 Å². The van der Waals surface area contributed by atoms with Gasteiger partial charge in [0, 0.05) is 18.1 Å². The van der Waals surface area contributed by atoms with Crippen molar-refractivity contribution in [3.05, 3.63) is 36.2 Å². The largest absolute Gasteiger partial charge is 0.378 e. The minimum Gasteiger partial charge on any atom is -0.378 e. The van der Waals surface area contributed by atoms with Crippen molar-refractivity contribution in [3.8, 4) is 5.69 Å². The van der Waals surface area contributed by atoms with Crippen LogP contribution in [0, 0.1) is 5.41 Å². The Bertz CT molecular complexity index is 724. The van der Waals surface area contributed by atoms with Crippen LogP contribution >= 0.6 is 0 Å². The van der Waals surface area contributed by atoms with Crippen molar-refractivity contribution < 1.29 is 9.53 Å². The number of carbonyl (C=O) groups excluding carboxylic acids is 1. The van der Waals surface area contributed by atoms with Gasteiger partial charge in [0.2, 0.25) is 5.91 Å². The van der Waals surface area contributed by atoms with Gasteiger partial charge in [-0.15, -0.1) is 5.10 Å². The molecule has 1 aromatic carbocycles. The minimum absolute atomic E-state index is 0.0846. The average Bonchev–Trinajstić information content (AvgIpc) is 3.07. The standard InChI is InChI=1S/C18H23N5O2/c1-2-25-16-11-15(18(16)8-3-9-18)20-17(24)10-13-4-6-14(7-5-13)23-12-19-21-22-23/h4-7,12,15-16H,2-3,8-11H2,1H3,(H,20,24)/t15-,16-/m1/s1. The van der Waals surface area contributed by atoms with Crippen LogP contribution in [0.3, 0.4) is 0 Å².